The molecule has 0 radical (unpaired) electrons. The predicted molar refractivity (Wildman–Crippen MR) is 83.2 cm³/mol. The lowest BCUT2D eigenvalue weighted by atomic mass is 10.3. The number of rotatable bonds is 4. The Bertz CT molecular complexity index is 794. The lowest BCUT2D eigenvalue weighted by Gasteiger charge is -2.01. The Labute approximate surface area is 129 Å². The number of hydrogen-bond donors (Lipinski definition) is 1. The van der Waals surface area contributed by atoms with Gasteiger partial charge in [0.2, 0.25) is 5.91 Å². The van der Waals surface area contributed by atoms with E-state index in [0.29, 0.717) is 17.4 Å². The van der Waals surface area contributed by atoms with Gasteiger partial charge in [0.1, 0.15) is 0 Å². The minimum absolute atomic E-state index is 0.194. The highest BCUT2D eigenvalue weighted by molar-refractivity contribution is 7.15. The fraction of sp³-hybridized carbons (Fsp3) is 0.0714. The molecule has 0 saturated heterocycles. The van der Waals surface area contributed by atoms with E-state index in [0.717, 1.165) is 10.5 Å². The van der Waals surface area contributed by atoms with E-state index in [-0.39, 0.29) is 5.91 Å². The maximum absolute atomic E-state index is 11.8. The number of thiazole rings is 1. The summed E-state index contributed by atoms with van der Waals surface area (Å²) in [5.41, 5.74) is 1.64. The fourth-order valence-electron chi connectivity index (χ4n) is 1.83. The van der Waals surface area contributed by atoms with E-state index in [1.807, 2.05) is 28.1 Å². The van der Waals surface area contributed by atoms with Crippen molar-refractivity contribution in [3.05, 3.63) is 58.6 Å². The number of imidazole rings is 1. The number of nitrogens with zero attached hydrogens (tertiary/aromatic N) is 3. The van der Waals surface area contributed by atoms with Crippen LogP contribution in [0.5, 0.6) is 0 Å². The van der Waals surface area contributed by atoms with Crippen LogP contribution in [0.2, 0.25) is 5.15 Å². The molecule has 1 N–H and O–H groups in total. The summed E-state index contributed by atoms with van der Waals surface area (Å²) in [6.07, 6.45) is 8.38. The van der Waals surface area contributed by atoms with Crippen LogP contribution >= 0.6 is 22.9 Å². The molecule has 0 saturated carbocycles. The van der Waals surface area contributed by atoms with Gasteiger partial charge in [-0.3, -0.25) is 14.2 Å². The van der Waals surface area contributed by atoms with Gasteiger partial charge >= 0.3 is 0 Å². The average molecular weight is 319 g/mol. The molecule has 0 aliphatic heterocycles. The van der Waals surface area contributed by atoms with E-state index in [9.17, 15) is 4.79 Å². The van der Waals surface area contributed by atoms with Crippen LogP contribution < -0.4 is 5.32 Å². The first kappa shape index (κ1) is 13.8. The van der Waals surface area contributed by atoms with Crippen molar-refractivity contribution in [2.45, 2.75) is 6.54 Å². The number of carbonyl (C=O) groups is 1. The number of carbonyl (C=O) groups excluding carboxylic acids is 1. The predicted octanol–water partition coefficient (Wildman–Crippen LogP) is 2.77. The van der Waals surface area contributed by atoms with E-state index >= 15 is 0 Å². The molecule has 0 fully saturated rings. The highest BCUT2D eigenvalue weighted by Crippen LogP contribution is 2.22. The topological polar surface area (TPSA) is 59.3 Å². The van der Waals surface area contributed by atoms with Crippen LogP contribution in [-0.4, -0.2) is 20.3 Å². The maximum atomic E-state index is 11.8. The molecule has 3 rings (SSSR count). The van der Waals surface area contributed by atoms with Crippen LogP contribution in [0.4, 0.5) is 0 Å². The molecule has 3 heterocycles. The third-order valence-corrected chi connectivity index (χ3v) is 3.87. The summed E-state index contributed by atoms with van der Waals surface area (Å²) < 4.78 is 1.85. The molecule has 0 atom stereocenters. The van der Waals surface area contributed by atoms with Crippen LogP contribution in [0.3, 0.4) is 0 Å². The van der Waals surface area contributed by atoms with E-state index in [1.54, 1.807) is 18.5 Å². The van der Waals surface area contributed by atoms with Gasteiger partial charge in [-0.1, -0.05) is 17.7 Å². The maximum Gasteiger partial charge on any atom is 0.244 e. The summed E-state index contributed by atoms with van der Waals surface area (Å²) in [5, 5.41) is 5.09. The van der Waals surface area contributed by atoms with E-state index in [2.05, 4.69) is 15.3 Å². The number of nitrogens with one attached hydrogen (secondary N) is 1. The zero-order chi connectivity index (χ0) is 14.7. The second-order valence-corrected chi connectivity index (χ2v) is 5.49. The molecule has 0 aromatic carbocycles. The van der Waals surface area contributed by atoms with Crippen molar-refractivity contribution in [2.75, 3.05) is 0 Å². The molecule has 3 aromatic heterocycles. The van der Waals surface area contributed by atoms with Gasteiger partial charge in [0.05, 0.1) is 5.69 Å². The van der Waals surface area contributed by atoms with E-state index < -0.39 is 0 Å². The standard InChI is InChI=1S/C14H11ClN4OS/c15-13-11(19-6-7-21-14(19)18-13)3-4-12(20)17-9-10-2-1-5-16-8-10/h1-8H,9H2,(H,17,20). The van der Waals surface area contributed by atoms with Crippen molar-refractivity contribution in [3.63, 3.8) is 0 Å². The molecule has 21 heavy (non-hydrogen) atoms. The molecule has 106 valence electrons. The fourth-order valence-corrected chi connectivity index (χ4v) is 2.84. The molecule has 1 amide bonds. The van der Waals surface area contributed by atoms with Crippen molar-refractivity contribution in [1.29, 1.82) is 0 Å². The smallest absolute Gasteiger partial charge is 0.244 e. The van der Waals surface area contributed by atoms with Crippen LogP contribution in [0, 0.1) is 0 Å². The van der Waals surface area contributed by atoms with Crippen molar-refractivity contribution in [1.82, 2.24) is 19.7 Å². The minimum Gasteiger partial charge on any atom is -0.348 e. The van der Waals surface area contributed by atoms with E-state index in [1.165, 1.54) is 17.4 Å². The normalized spacial score (nSPS) is 11.3. The van der Waals surface area contributed by atoms with Gasteiger partial charge in [0, 0.05) is 36.6 Å². The number of halogens is 1. The van der Waals surface area contributed by atoms with Crippen molar-refractivity contribution >= 4 is 39.9 Å². The molecule has 0 spiro atoms. The van der Waals surface area contributed by atoms with Crippen molar-refractivity contribution in [3.8, 4) is 0 Å². The Balaban J connectivity index is 1.67. The molecule has 3 aromatic rings. The van der Waals surface area contributed by atoms with Gasteiger partial charge in [-0.25, -0.2) is 4.98 Å². The van der Waals surface area contributed by atoms with Gasteiger partial charge < -0.3 is 5.32 Å². The first-order valence-electron chi connectivity index (χ1n) is 6.20. The number of fused-ring (bicyclic) bond motifs is 1. The Morgan fingerprint density at radius 1 is 1.52 bits per heavy atom. The lowest BCUT2D eigenvalue weighted by molar-refractivity contribution is -0.116. The molecule has 7 heteroatoms. The lowest BCUT2D eigenvalue weighted by Crippen LogP contribution is -2.20. The Kier molecular flexibility index (Phi) is 3.98. The third-order valence-electron chi connectivity index (χ3n) is 2.84. The van der Waals surface area contributed by atoms with Gasteiger partial charge in [-0.15, -0.1) is 11.3 Å². The zero-order valence-corrected chi connectivity index (χ0v) is 12.4. The van der Waals surface area contributed by atoms with Gasteiger partial charge in [-0.05, 0) is 17.7 Å². The summed E-state index contributed by atoms with van der Waals surface area (Å²) in [4.78, 5) is 20.8. The second kappa shape index (κ2) is 6.07. The summed E-state index contributed by atoms with van der Waals surface area (Å²) in [7, 11) is 0. The number of aromatic nitrogens is 3. The Morgan fingerprint density at radius 3 is 3.24 bits per heavy atom. The molecular weight excluding hydrogens is 308 g/mol. The second-order valence-electron chi connectivity index (χ2n) is 4.26. The minimum atomic E-state index is -0.194. The average Bonchev–Trinajstić information content (AvgIpc) is 3.05. The van der Waals surface area contributed by atoms with Crippen LogP contribution in [0.15, 0.2) is 42.2 Å². The molecular formula is C14H11ClN4OS. The summed E-state index contributed by atoms with van der Waals surface area (Å²) in [5.74, 6) is -0.194. The molecule has 0 unspecified atom stereocenters. The van der Waals surface area contributed by atoms with Crippen molar-refractivity contribution < 1.29 is 4.79 Å². The number of pyridine rings is 1. The first-order chi connectivity index (χ1) is 10.2. The molecule has 0 aliphatic carbocycles. The van der Waals surface area contributed by atoms with E-state index in [4.69, 9.17) is 11.6 Å². The summed E-state index contributed by atoms with van der Waals surface area (Å²) >= 11 is 7.54. The SMILES string of the molecule is O=C(C=Cc1c(Cl)nc2sccn12)NCc1cccnc1. The van der Waals surface area contributed by atoms with Gasteiger partial charge in [0.25, 0.3) is 0 Å². The monoisotopic (exact) mass is 318 g/mol. The molecule has 5 nitrogen and oxygen atoms in total. The zero-order valence-electron chi connectivity index (χ0n) is 10.9. The Morgan fingerprint density at radius 2 is 2.43 bits per heavy atom. The summed E-state index contributed by atoms with van der Waals surface area (Å²) in [6.45, 7) is 0.436. The summed E-state index contributed by atoms with van der Waals surface area (Å²) in [6, 6.07) is 3.73. The van der Waals surface area contributed by atoms with Crippen LogP contribution in [0.1, 0.15) is 11.3 Å². The number of hydrogen-bond acceptors (Lipinski definition) is 4. The van der Waals surface area contributed by atoms with Crippen LogP contribution in [-0.2, 0) is 11.3 Å². The van der Waals surface area contributed by atoms with Crippen molar-refractivity contribution in [2.24, 2.45) is 0 Å². The van der Waals surface area contributed by atoms with Crippen LogP contribution in [0.25, 0.3) is 11.0 Å². The van der Waals surface area contributed by atoms with Gasteiger partial charge in [-0.2, -0.15) is 0 Å². The van der Waals surface area contributed by atoms with Gasteiger partial charge in [0.15, 0.2) is 10.1 Å². The quantitative estimate of drug-likeness (QED) is 0.752. The first-order valence-corrected chi connectivity index (χ1v) is 7.45. The highest BCUT2D eigenvalue weighted by atomic mass is 35.5. The highest BCUT2D eigenvalue weighted by Gasteiger charge is 2.08. The molecule has 0 bridgehead atoms. The Hall–Kier alpha value is -2.18. The third kappa shape index (κ3) is 3.12. The largest absolute Gasteiger partial charge is 0.348 e. The molecule has 0 aliphatic rings. The number of amides is 1.